The van der Waals surface area contributed by atoms with Crippen molar-refractivity contribution < 1.29 is 9.47 Å². The molecule has 0 aliphatic heterocycles. The summed E-state index contributed by atoms with van der Waals surface area (Å²) in [5, 5.41) is 0. The summed E-state index contributed by atoms with van der Waals surface area (Å²) >= 11 is 2.89. The van der Waals surface area contributed by atoms with Crippen LogP contribution in [-0.2, 0) is 43.7 Å². The molecule has 4 heterocycles. The summed E-state index contributed by atoms with van der Waals surface area (Å²) in [6, 6.07) is 2.09. The number of hydrogen-bond acceptors (Lipinski definition) is 8. The average molecular weight is 752 g/mol. The highest BCUT2D eigenvalue weighted by Crippen LogP contribution is 2.11. The van der Waals surface area contributed by atoms with Crippen LogP contribution in [0, 0.1) is 13.1 Å². The molecule has 4 aromatic rings. The van der Waals surface area contributed by atoms with Gasteiger partial charge in [-0.1, -0.05) is 39.3 Å². The summed E-state index contributed by atoms with van der Waals surface area (Å²) < 4.78 is 18.0. The summed E-state index contributed by atoms with van der Waals surface area (Å²) in [6.07, 6.45) is 3.01. The number of alkyl halides is 1. The topological polar surface area (TPSA) is 162 Å². The normalized spacial score (nSPS) is 11.4. The van der Waals surface area contributed by atoms with Crippen LogP contribution in [0.4, 0.5) is 0 Å². The largest absolute Gasteiger partial charge is 0.361 e. The number of fused-ring (bicyclic) bond motifs is 2. The van der Waals surface area contributed by atoms with Gasteiger partial charge < -0.3 is 23.5 Å². The molecule has 0 unspecified atom stereocenters. The molecule has 0 amide bonds. The minimum atomic E-state index is -1.17. The maximum Gasteiger partial charge on any atom is 0.338 e. The van der Waals surface area contributed by atoms with E-state index in [4.69, 9.17) is 22.6 Å². The lowest BCUT2D eigenvalue weighted by atomic mass is 10.5. The third-order valence-corrected chi connectivity index (χ3v) is 10.4. The predicted octanol–water partition coefficient (Wildman–Crippen LogP) is 3.08. The summed E-state index contributed by atoms with van der Waals surface area (Å²) in [5.74, 6) is 0. The van der Waals surface area contributed by atoms with E-state index in [0.29, 0.717) is 35.5 Å². The van der Waals surface area contributed by atoms with Gasteiger partial charge in [0, 0.05) is 59.4 Å². The molecular weight excluding hydrogens is 708 g/mol. The van der Waals surface area contributed by atoms with Crippen LogP contribution in [0.3, 0.4) is 0 Å². The number of hydrogen-bond donors (Lipinski definition) is 1. The van der Waals surface area contributed by atoms with Gasteiger partial charge >= 0.3 is 11.4 Å². The van der Waals surface area contributed by atoms with Crippen molar-refractivity contribution in [3.63, 3.8) is 0 Å². The van der Waals surface area contributed by atoms with E-state index in [0.717, 1.165) is 16.7 Å². The minimum absolute atomic E-state index is 0.201. The van der Waals surface area contributed by atoms with Crippen LogP contribution in [0.1, 0.15) is 0 Å². The van der Waals surface area contributed by atoms with Crippen molar-refractivity contribution >= 4 is 54.4 Å². The summed E-state index contributed by atoms with van der Waals surface area (Å²) in [6.45, 7) is 28.0. The van der Waals surface area contributed by atoms with Gasteiger partial charge in [-0.15, -0.1) is 0 Å². The molecule has 0 aromatic carbocycles. The fourth-order valence-electron chi connectivity index (χ4n) is 3.98. The molecule has 4 rings (SSSR count). The van der Waals surface area contributed by atoms with Gasteiger partial charge in [0.25, 0.3) is 23.2 Å². The first-order valence-electron chi connectivity index (χ1n) is 14.6. The second kappa shape index (κ2) is 17.3. The molecule has 0 radical (unpaired) electrons. The van der Waals surface area contributed by atoms with E-state index in [9.17, 15) is 19.2 Å². The SMILES string of the molecule is Cn1c(=O)[nH]c(=O)c2c1ncn2COCC[Si](C)(C)C.[C-]#[N+]CBr.[C-]#[N+]Cn1c(=O)c2c(ncn2COCC[Si](C)(C)C)n(C)c1=O. The first-order valence-corrected chi connectivity index (χ1v) is 23.2. The highest BCUT2D eigenvalue weighted by molar-refractivity contribution is 9.09. The Hall–Kier alpha value is -3.89. The van der Waals surface area contributed by atoms with Crippen molar-refractivity contribution in [3.8, 4) is 0 Å². The Morgan fingerprint density at radius 1 is 0.809 bits per heavy atom. The lowest BCUT2D eigenvalue weighted by Crippen LogP contribution is -2.39. The molecule has 0 bridgehead atoms. The maximum absolute atomic E-state index is 12.5. The highest BCUT2D eigenvalue weighted by atomic mass is 79.9. The number of aromatic nitrogens is 8. The third kappa shape index (κ3) is 11.1. The number of nitrogens with zero attached hydrogens (tertiary/aromatic N) is 9. The zero-order valence-electron chi connectivity index (χ0n) is 28.2. The Bertz CT molecular complexity index is 1980. The van der Waals surface area contributed by atoms with Crippen molar-refractivity contribution in [3.05, 3.63) is 77.2 Å². The first kappa shape index (κ1) is 39.3. The van der Waals surface area contributed by atoms with Crippen LogP contribution in [0.5, 0.6) is 0 Å². The Kier molecular flexibility index (Phi) is 14.5. The monoisotopic (exact) mass is 750 g/mol. The number of H-pyrrole nitrogens is 1. The van der Waals surface area contributed by atoms with Gasteiger partial charge in [-0.2, -0.15) is 4.57 Å². The number of halogens is 1. The number of ether oxygens (including phenoxy) is 2. The summed E-state index contributed by atoms with van der Waals surface area (Å²) in [7, 11) is 0.811. The Labute approximate surface area is 282 Å². The molecule has 0 aliphatic rings. The summed E-state index contributed by atoms with van der Waals surface area (Å²) in [5.41, 5.74) is -0.213. The lowest BCUT2D eigenvalue weighted by Gasteiger charge is -2.15. The molecule has 0 saturated heterocycles. The standard InChI is InChI=1S/C14H21N5O3Si.C12H20N4O3Si.C2H2BrN/c1-15-8-19-13(20)11-12(17(2)14(19)21)16-9-18(11)10-22-6-7-23(3,4)5;1-15-10-9(11(17)14-12(15)18)16(7-13-10)8-19-5-6-20(2,3)4;1-4-2-3/h9H,6-8,10H2,2-5H3;7H,5-6,8H2,1-4H3,(H,14,17,18);2H2. The van der Waals surface area contributed by atoms with Gasteiger partial charge in [0.15, 0.2) is 22.3 Å². The molecule has 0 saturated carbocycles. The van der Waals surface area contributed by atoms with Crippen molar-refractivity contribution in [2.45, 2.75) is 71.5 Å². The fourth-order valence-corrected chi connectivity index (χ4v) is 5.49. The van der Waals surface area contributed by atoms with E-state index in [-0.39, 0.29) is 25.6 Å². The number of aromatic amines is 1. The zero-order valence-corrected chi connectivity index (χ0v) is 31.7. The van der Waals surface area contributed by atoms with Crippen molar-refractivity contribution in [2.24, 2.45) is 14.1 Å². The molecule has 47 heavy (non-hydrogen) atoms. The van der Waals surface area contributed by atoms with Crippen LogP contribution in [0.2, 0.25) is 51.4 Å². The van der Waals surface area contributed by atoms with Gasteiger partial charge in [-0.25, -0.2) is 32.7 Å². The molecular formula is C28H43BrN10O6Si2. The van der Waals surface area contributed by atoms with Crippen molar-refractivity contribution in [1.29, 1.82) is 0 Å². The number of aryl methyl sites for hydroxylation is 2. The number of nitrogens with one attached hydrogen (secondary N) is 1. The molecule has 0 spiro atoms. The maximum atomic E-state index is 12.5. The van der Waals surface area contributed by atoms with E-state index in [1.54, 1.807) is 16.2 Å². The molecule has 0 atom stereocenters. The quantitative estimate of drug-likeness (QED) is 0.0805. The molecule has 1 N–H and O–H groups in total. The Balaban J connectivity index is 0.000000296. The molecule has 0 fully saturated rings. The van der Waals surface area contributed by atoms with Crippen LogP contribution >= 0.6 is 15.9 Å². The van der Waals surface area contributed by atoms with Gasteiger partial charge in [0.2, 0.25) is 0 Å². The number of rotatable bonds is 11. The van der Waals surface area contributed by atoms with Crippen molar-refractivity contribution in [1.82, 2.24) is 37.8 Å². The van der Waals surface area contributed by atoms with Crippen LogP contribution in [0.25, 0.3) is 32.0 Å². The van der Waals surface area contributed by atoms with Gasteiger partial charge in [0.1, 0.15) is 13.5 Å². The Morgan fingerprint density at radius 2 is 1.28 bits per heavy atom. The van der Waals surface area contributed by atoms with Crippen LogP contribution in [-0.4, -0.2) is 72.6 Å². The highest BCUT2D eigenvalue weighted by Gasteiger charge is 2.18. The zero-order chi connectivity index (χ0) is 35.5. The molecule has 16 nitrogen and oxygen atoms in total. The van der Waals surface area contributed by atoms with Crippen LogP contribution in [0.15, 0.2) is 31.8 Å². The van der Waals surface area contributed by atoms with Gasteiger partial charge in [-0.3, -0.25) is 28.6 Å². The molecule has 256 valence electrons. The average Bonchev–Trinajstić information content (AvgIpc) is 3.62. The van der Waals surface area contributed by atoms with Crippen LogP contribution < -0.4 is 22.5 Å². The molecule has 4 aromatic heterocycles. The second-order valence-electron chi connectivity index (χ2n) is 12.9. The van der Waals surface area contributed by atoms with E-state index in [1.807, 2.05) is 0 Å². The molecule has 19 heteroatoms. The minimum Gasteiger partial charge on any atom is -0.361 e. The van der Waals surface area contributed by atoms with E-state index >= 15 is 0 Å². The summed E-state index contributed by atoms with van der Waals surface area (Å²) in [4.78, 5) is 64.4. The Morgan fingerprint density at radius 3 is 1.72 bits per heavy atom. The van der Waals surface area contributed by atoms with Gasteiger partial charge in [0.05, 0.1) is 12.7 Å². The van der Waals surface area contributed by atoms with E-state index in [2.05, 4.69) is 79.9 Å². The van der Waals surface area contributed by atoms with Gasteiger partial charge in [-0.05, 0) is 12.1 Å². The second-order valence-corrected chi connectivity index (χ2v) is 24.7. The van der Waals surface area contributed by atoms with E-state index in [1.165, 1.54) is 28.8 Å². The predicted molar refractivity (Wildman–Crippen MR) is 190 cm³/mol. The number of imidazole rings is 2. The molecule has 0 aliphatic carbocycles. The van der Waals surface area contributed by atoms with Crippen molar-refractivity contribution in [2.75, 3.05) is 18.7 Å². The fraction of sp³-hybridized carbons (Fsp3) is 0.571. The lowest BCUT2D eigenvalue weighted by molar-refractivity contribution is 0.0896. The third-order valence-electron chi connectivity index (χ3n) is 6.70. The van der Waals surface area contributed by atoms with E-state index < -0.39 is 38.6 Å². The smallest absolute Gasteiger partial charge is 0.338 e. The first-order chi connectivity index (χ1) is 22.0.